The Hall–Kier alpha value is -1.89. The van der Waals surface area contributed by atoms with E-state index < -0.39 is 17.7 Å². The highest BCUT2D eigenvalue weighted by molar-refractivity contribution is 7.12. The van der Waals surface area contributed by atoms with Crippen molar-refractivity contribution >= 4 is 34.6 Å². The maximum absolute atomic E-state index is 12.6. The fourth-order valence-corrected chi connectivity index (χ4v) is 3.88. The first kappa shape index (κ1) is 17.9. The SMILES string of the molecule is CC(=O)c1ccc2c(c1)[C@@H](NC(=O)c1sccc1Cl)[C@H](O)C(C)(C)O2. The van der Waals surface area contributed by atoms with Gasteiger partial charge in [0, 0.05) is 11.1 Å². The molecule has 0 spiro atoms. The summed E-state index contributed by atoms with van der Waals surface area (Å²) in [6, 6.07) is 5.94. The predicted molar refractivity (Wildman–Crippen MR) is 96.7 cm³/mol. The molecule has 3 rings (SSSR count). The summed E-state index contributed by atoms with van der Waals surface area (Å²) in [5.41, 5.74) is 0.158. The highest BCUT2D eigenvalue weighted by Gasteiger charge is 2.44. The Morgan fingerprint density at radius 1 is 1.32 bits per heavy atom. The van der Waals surface area contributed by atoms with Crippen molar-refractivity contribution in [1.82, 2.24) is 5.32 Å². The lowest BCUT2D eigenvalue weighted by Gasteiger charge is -2.42. The van der Waals surface area contributed by atoms with E-state index >= 15 is 0 Å². The van der Waals surface area contributed by atoms with Gasteiger partial charge in [-0.25, -0.2) is 0 Å². The Kier molecular flexibility index (Phi) is 4.62. The summed E-state index contributed by atoms with van der Waals surface area (Å²) in [4.78, 5) is 24.6. The molecule has 2 atom stereocenters. The second-order valence-electron chi connectivity index (χ2n) is 6.51. The van der Waals surface area contributed by atoms with Crippen LogP contribution in [0.15, 0.2) is 29.6 Å². The lowest BCUT2D eigenvalue weighted by Crippen LogP contribution is -2.53. The van der Waals surface area contributed by atoms with Crippen LogP contribution < -0.4 is 10.1 Å². The average molecular weight is 380 g/mol. The van der Waals surface area contributed by atoms with E-state index in [1.807, 2.05) is 0 Å². The summed E-state index contributed by atoms with van der Waals surface area (Å²) >= 11 is 7.26. The van der Waals surface area contributed by atoms with E-state index in [0.29, 0.717) is 26.8 Å². The van der Waals surface area contributed by atoms with Crippen LogP contribution in [0, 0.1) is 0 Å². The molecule has 0 aliphatic carbocycles. The number of hydrogen-bond acceptors (Lipinski definition) is 5. The Bertz CT molecular complexity index is 845. The van der Waals surface area contributed by atoms with Crippen LogP contribution in [0.4, 0.5) is 0 Å². The van der Waals surface area contributed by atoms with Gasteiger partial charge in [0.1, 0.15) is 22.3 Å². The Morgan fingerprint density at radius 2 is 2.04 bits per heavy atom. The van der Waals surface area contributed by atoms with E-state index in [0.717, 1.165) is 0 Å². The third-order valence-electron chi connectivity index (χ3n) is 4.26. The molecule has 2 N–H and O–H groups in total. The fraction of sp³-hybridized carbons (Fsp3) is 0.333. The van der Waals surface area contributed by atoms with E-state index in [2.05, 4.69) is 5.32 Å². The van der Waals surface area contributed by atoms with Crippen LogP contribution in [-0.2, 0) is 0 Å². The lowest BCUT2D eigenvalue weighted by atomic mass is 9.85. The van der Waals surface area contributed by atoms with Crippen LogP contribution in [0.3, 0.4) is 0 Å². The summed E-state index contributed by atoms with van der Waals surface area (Å²) in [5.74, 6) is 0.0531. The fourth-order valence-electron chi connectivity index (χ4n) is 2.84. The molecule has 7 heteroatoms. The van der Waals surface area contributed by atoms with Crippen molar-refractivity contribution < 1.29 is 19.4 Å². The van der Waals surface area contributed by atoms with Gasteiger partial charge < -0.3 is 15.2 Å². The molecule has 132 valence electrons. The number of nitrogens with one attached hydrogen (secondary N) is 1. The molecule has 2 heterocycles. The number of amides is 1. The van der Waals surface area contributed by atoms with Gasteiger partial charge in [0.05, 0.1) is 11.1 Å². The number of ketones is 1. The second-order valence-corrected chi connectivity index (χ2v) is 7.83. The number of benzene rings is 1. The van der Waals surface area contributed by atoms with Crippen molar-refractivity contribution in [1.29, 1.82) is 0 Å². The minimum atomic E-state index is -0.995. The zero-order valence-corrected chi connectivity index (χ0v) is 15.6. The van der Waals surface area contributed by atoms with E-state index in [1.54, 1.807) is 43.5 Å². The third kappa shape index (κ3) is 3.29. The van der Waals surface area contributed by atoms with Gasteiger partial charge in [0.15, 0.2) is 5.78 Å². The maximum Gasteiger partial charge on any atom is 0.263 e. The standard InChI is InChI=1S/C18H18ClNO4S/c1-9(21)10-4-5-13-11(8-10)14(16(22)18(2,3)24-13)20-17(23)15-12(19)6-7-25-15/h4-8,14,16,22H,1-3H3,(H,20,23)/t14-,16+/m1/s1. The number of rotatable bonds is 3. The van der Waals surface area contributed by atoms with Crippen molar-refractivity contribution in [2.45, 2.75) is 38.5 Å². The number of Topliss-reactive ketones (excluding diaryl/α,β-unsaturated/α-hetero) is 1. The number of fused-ring (bicyclic) bond motifs is 1. The number of carbonyl (C=O) groups is 2. The summed E-state index contributed by atoms with van der Waals surface area (Å²) < 4.78 is 5.86. The van der Waals surface area contributed by atoms with E-state index in [-0.39, 0.29) is 11.7 Å². The van der Waals surface area contributed by atoms with Crippen LogP contribution in [-0.4, -0.2) is 28.5 Å². The van der Waals surface area contributed by atoms with Crippen LogP contribution >= 0.6 is 22.9 Å². The van der Waals surface area contributed by atoms with Crippen molar-refractivity contribution in [3.63, 3.8) is 0 Å². The quantitative estimate of drug-likeness (QED) is 0.799. The lowest BCUT2D eigenvalue weighted by molar-refractivity contribution is -0.0627. The van der Waals surface area contributed by atoms with Gasteiger partial charge in [-0.05, 0) is 50.4 Å². The number of hydrogen-bond donors (Lipinski definition) is 2. The molecule has 1 aliphatic heterocycles. The number of halogens is 1. The van der Waals surface area contributed by atoms with E-state index in [1.165, 1.54) is 18.3 Å². The molecule has 1 aromatic heterocycles. The molecule has 25 heavy (non-hydrogen) atoms. The number of aliphatic hydroxyl groups is 1. The van der Waals surface area contributed by atoms with Crippen molar-refractivity contribution in [2.24, 2.45) is 0 Å². The number of carbonyl (C=O) groups excluding carboxylic acids is 2. The molecule has 0 saturated heterocycles. The van der Waals surface area contributed by atoms with Crippen molar-refractivity contribution in [3.8, 4) is 5.75 Å². The van der Waals surface area contributed by atoms with Crippen molar-refractivity contribution in [3.05, 3.63) is 50.7 Å². The zero-order valence-electron chi connectivity index (χ0n) is 14.0. The van der Waals surface area contributed by atoms with Crippen molar-refractivity contribution in [2.75, 3.05) is 0 Å². The zero-order chi connectivity index (χ0) is 18.4. The molecule has 0 fully saturated rings. The van der Waals surface area contributed by atoms with Gasteiger partial charge >= 0.3 is 0 Å². The first-order valence-corrected chi connectivity index (χ1v) is 9.02. The smallest absolute Gasteiger partial charge is 0.263 e. The molecule has 1 amide bonds. The molecule has 0 bridgehead atoms. The molecule has 0 saturated carbocycles. The molecule has 5 nitrogen and oxygen atoms in total. The first-order valence-electron chi connectivity index (χ1n) is 7.76. The van der Waals surface area contributed by atoms with Gasteiger partial charge in [0.2, 0.25) is 0 Å². The summed E-state index contributed by atoms with van der Waals surface area (Å²) in [6.07, 6.45) is -0.995. The van der Waals surface area contributed by atoms with Crippen LogP contribution in [0.5, 0.6) is 5.75 Å². The van der Waals surface area contributed by atoms with Gasteiger partial charge in [-0.1, -0.05) is 11.6 Å². The molecule has 0 unspecified atom stereocenters. The first-order chi connectivity index (χ1) is 11.7. The van der Waals surface area contributed by atoms with Crippen LogP contribution in [0.2, 0.25) is 5.02 Å². The molecule has 1 aliphatic rings. The highest BCUT2D eigenvalue weighted by Crippen LogP contribution is 2.40. The summed E-state index contributed by atoms with van der Waals surface area (Å²) in [5, 5.41) is 15.7. The van der Waals surface area contributed by atoms with Gasteiger partial charge in [0.25, 0.3) is 5.91 Å². The normalized spacial score (nSPS) is 21.2. The Morgan fingerprint density at radius 3 is 2.64 bits per heavy atom. The molecule has 0 radical (unpaired) electrons. The van der Waals surface area contributed by atoms with E-state index in [4.69, 9.17) is 16.3 Å². The van der Waals surface area contributed by atoms with Gasteiger partial charge in [-0.2, -0.15) is 0 Å². The molecular weight excluding hydrogens is 362 g/mol. The third-order valence-corrected chi connectivity index (χ3v) is 5.60. The number of thiophene rings is 1. The topological polar surface area (TPSA) is 75.6 Å². The second kappa shape index (κ2) is 6.44. The average Bonchev–Trinajstić information content (AvgIpc) is 2.97. The Labute approximate surface area is 154 Å². The van der Waals surface area contributed by atoms with Crippen LogP contribution in [0.1, 0.15) is 52.4 Å². The minimum Gasteiger partial charge on any atom is -0.485 e. The monoisotopic (exact) mass is 379 g/mol. The Balaban J connectivity index is 2.02. The van der Waals surface area contributed by atoms with E-state index in [9.17, 15) is 14.7 Å². The molecule has 1 aromatic carbocycles. The molecule has 2 aromatic rings. The number of aliphatic hydroxyl groups excluding tert-OH is 1. The predicted octanol–water partition coefficient (Wildman–Crippen LogP) is 3.61. The number of ether oxygens (including phenoxy) is 1. The van der Waals surface area contributed by atoms with Gasteiger partial charge in [-0.3, -0.25) is 9.59 Å². The highest BCUT2D eigenvalue weighted by atomic mass is 35.5. The largest absolute Gasteiger partial charge is 0.485 e. The van der Waals surface area contributed by atoms with Gasteiger partial charge in [-0.15, -0.1) is 11.3 Å². The summed E-state index contributed by atoms with van der Waals surface area (Å²) in [7, 11) is 0. The maximum atomic E-state index is 12.6. The molecular formula is C18H18ClNO4S. The van der Waals surface area contributed by atoms with Crippen LogP contribution in [0.25, 0.3) is 0 Å². The minimum absolute atomic E-state index is 0.103. The summed E-state index contributed by atoms with van der Waals surface area (Å²) in [6.45, 7) is 4.96.